The van der Waals surface area contributed by atoms with Gasteiger partial charge in [-0.3, -0.25) is 4.79 Å². The molecule has 0 atom stereocenters. The number of aryl methyl sites for hydroxylation is 1. The van der Waals surface area contributed by atoms with Crippen LogP contribution in [0.5, 0.6) is 5.75 Å². The zero-order valence-corrected chi connectivity index (χ0v) is 8.60. The van der Waals surface area contributed by atoms with Crippen LogP contribution in [0, 0.1) is 0 Å². The van der Waals surface area contributed by atoms with E-state index < -0.39 is 5.97 Å². The Morgan fingerprint density at radius 1 is 1.40 bits per heavy atom. The summed E-state index contributed by atoms with van der Waals surface area (Å²) in [5, 5.41) is 8.58. The number of carbonyl (C=O) groups is 1. The van der Waals surface area contributed by atoms with Gasteiger partial charge in [0.1, 0.15) is 5.75 Å². The van der Waals surface area contributed by atoms with Crippen LogP contribution in [-0.4, -0.2) is 25.0 Å². The zero-order valence-electron chi connectivity index (χ0n) is 8.60. The Morgan fingerprint density at radius 3 is 2.80 bits per heavy atom. The van der Waals surface area contributed by atoms with Crippen LogP contribution in [-0.2, 0) is 16.0 Å². The number of rotatable bonds is 6. The fraction of sp³-hybridized carbons (Fsp3) is 0.364. The van der Waals surface area contributed by atoms with Crippen molar-refractivity contribution in [3.63, 3.8) is 0 Å². The van der Waals surface area contributed by atoms with E-state index in [4.69, 9.17) is 14.6 Å². The van der Waals surface area contributed by atoms with Gasteiger partial charge in [0.25, 0.3) is 0 Å². The van der Waals surface area contributed by atoms with Crippen LogP contribution in [0.2, 0.25) is 0 Å². The molecule has 4 heteroatoms. The van der Waals surface area contributed by atoms with Crippen molar-refractivity contribution in [2.24, 2.45) is 0 Å². The highest BCUT2D eigenvalue weighted by molar-refractivity contribution is 5.67. The maximum atomic E-state index is 10.4. The van der Waals surface area contributed by atoms with Crippen molar-refractivity contribution in [2.45, 2.75) is 12.8 Å². The molecule has 0 unspecified atom stereocenters. The van der Waals surface area contributed by atoms with Crippen molar-refractivity contribution in [3.8, 4) is 5.75 Å². The number of methoxy groups -OCH3 is 1. The number of carboxylic acid groups (broad SMARTS) is 1. The molecule has 0 saturated carbocycles. The lowest BCUT2D eigenvalue weighted by Crippen LogP contribution is -2.03. The molecule has 0 aliphatic heterocycles. The monoisotopic (exact) mass is 210 g/mol. The van der Waals surface area contributed by atoms with E-state index in [1.165, 1.54) is 0 Å². The molecule has 4 nitrogen and oxygen atoms in total. The van der Waals surface area contributed by atoms with Gasteiger partial charge in [0.05, 0.1) is 0 Å². The molecule has 15 heavy (non-hydrogen) atoms. The third kappa shape index (κ3) is 3.99. The van der Waals surface area contributed by atoms with E-state index >= 15 is 0 Å². The number of hydrogen-bond acceptors (Lipinski definition) is 3. The molecule has 0 amide bonds. The van der Waals surface area contributed by atoms with Crippen molar-refractivity contribution in [1.82, 2.24) is 0 Å². The summed E-state index contributed by atoms with van der Waals surface area (Å²) in [6.45, 7) is 0.171. The second kappa shape index (κ2) is 6.03. The molecule has 0 fully saturated rings. The molecule has 0 bridgehead atoms. The summed E-state index contributed by atoms with van der Waals surface area (Å²) in [5.74, 6) is -0.128. The highest BCUT2D eigenvalue weighted by Gasteiger charge is 2.05. The summed E-state index contributed by atoms with van der Waals surface area (Å²) >= 11 is 0. The SMILES string of the molecule is COCOc1ccccc1CCC(=O)O. The van der Waals surface area contributed by atoms with Gasteiger partial charge in [-0.05, 0) is 18.1 Å². The Balaban J connectivity index is 2.63. The topological polar surface area (TPSA) is 55.8 Å². The maximum absolute atomic E-state index is 10.4. The van der Waals surface area contributed by atoms with E-state index in [9.17, 15) is 4.79 Å². The van der Waals surface area contributed by atoms with Gasteiger partial charge in [0, 0.05) is 13.5 Å². The molecule has 0 aromatic heterocycles. The highest BCUT2D eigenvalue weighted by Crippen LogP contribution is 2.19. The van der Waals surface area contributed by atoms with E-state index in [1.54, 1.807) is 13.2 Å². The first-order chi connectivity index (χ1) is 7.24. The van der Waals surface area contributed by atoms with Crippen LogP contribution >= 0.6 is 0 Å². The average molecular weight is 210 g/mol. The summed E-state index contributed by atoms with van der Waals surface area (Å²) in [4.78, 5) is 10.4. The molecule has 1 N–H and O–H groups in total. The van der Waals surface area contributed by atoms with Crippen molar-refractivity contribution in [1.29, 1.82) is 0 Å². The summed E-state index contributed by atoms with van der Waals surface area (Å²) in [7, 11) is 1.54. The number of carboxylic acids is 1. The Kier molecular flexibility index (Phi) is 4.63. The number of benzene rings is 1. The minimum absolute atomic E-state index is 0.105. The Morgan fingerprint density at radius 2 is 2.13 bits per heavy atom. The maximum Gasteiger partial charge on any atom is 0.303 e. The standard InChI is InChI=1S/C11H14O4/c1-14-8-15-10-5-3-2-4-9(10)6-7-11(12)13/h2-5H,6-8H2,1H3,(H,12,13). The van der Waals surface area contributed by atoms with Crippen LogP contribution < -0.4 is 4.74 Å². The first-order valence-electron chi connectivity index (χ1n) is 4.65. The molecule has 1 aromatic carbocycles. The first kappa shape index (κ1) is 11.5. The Labute approximate surface area is 88.4 Å². The second-order valence-electron chi connectivity index (χ2n) is 3.05. The predicted octanol–water partition coefficient (Wildman–Crippen LogP) is 1.69. The minimum atomic E-state index is -0.809. The van der Waals surface area contributed by atoms with Gasteiger partial charge in [0.15, 0.2) is 6.79 Å². The summed E-state index contributed by atoms with van der Waals surface area (Å²) in [6, 6.07) is 7.36. The molecule has 0 spiro atoms. The lowest BCUT2D eigenvalue weighted by molar-refractivity contribution is -0.136. The summed E-state index contributed by atoms with van der Waals surface area (Å²) < 4.78 is 10.1. The van der Waals surface area contributed by atoms with Gasteiger partial charge in [-0.15, -0.1) is 0 Å². The van der Waals surface area contributed by atoms with Gasteiger partial charge >= 0.3 is 5.97 Å². The third-order valence-electron chi connectivity index (χ3n) is 1.91. The minimum Gasteiger partial charge on any atom is -0.481 e. The molecule has 1 rings (SSSR count). The van der Waals surface area contributed by atoms with Crippen molar-refractivity contribution in [3.05, 3.63) is 29.8 Å². The number of para-hydroxylation sites is 1. The molecular formula is C11H14O4. The van der Waals surface area contributed by atoms with Crippen LogP contribution in [0.15, 0.2) is 24.3 Å². The fourth-order valence-electron chi connectivity index (χ4n) is 1.22. The molecule has 0 radical (unpaired) electrons. The van der Waals surface area contributed by atoms with Gasteiger partial charge < -0.3 is 14.6 Å². The van der Waals surface area contributed by atoms with E-state index in [-0.39, 0.29) is 13.2 Å². The second-order valence-corrected chi connectivity index (χ2v) is 3.05. The quantitative estimate of drug-likeness (QED) is 0.726. The van der Waals surface area contributed by atoms with Crippen LogP contribution in [0.4, 0.5) is 0 Å². The van der Waals surface area contributed by atoms with E-state index in [2.05, 4.69) is 0 Å². The first-order valence-corrected chi connectivity index (χ1v) is 4.65. The van der Waals surface area contributed by atoms with Crippen molar-refractivity contribution < 1.29 is 19.4 Å². The Bertz CT molecular complexity index is 322. The van der Waals surface area contributed by atoms with E-state index in [0.29, 0.717) is 12.2 Å². The molecular weight excluding hydrogens is 196 g/mol. The van der Waals surface area contributed by atoms with Crippen LogP contribution in [0.3, 0.4) is 0 Å². The number of ether oxygens (including phenoxy) is 2. The Hall–Kier alpha value is -1.55. The van der Waals surface area contributed by atoms with Crippen LogP contribution in [0.1, 0.15) is 12.0 Å². The molecule has 1 aromatic rings. The number of aliphatic carboxylic acids is 1. The average Bonchev–Trinajstić information content (AvgIpc) is 2.24. The fourth-order valence-corrected chi connectivity index (χ4v) is 1.22. The number of hydrogen-bond donors (Lipinski definition) is 1. The van der Waals surface area contributed by atoms with Gasteiger partial charge in [0.2, 0.25) is 0 Å². The molecule has 82 valence electrons. The lowest BCUT2D eigenvalue weighted by Gasteiger charge is -2.09. The smallest absolute Gasteiger partial charge is 0.303 e. The summed E-state index contributed by atoms with van der Waals surface area (Å²) in [5.41, 5.74) is 0.886. The normalized spacial score (nSPS) is 9.93. The van der Waals surface area contributed by atoms with Crippen LogP contribution in [0.25, 0.3) is 0 Å². The zero-order chi connectivity index (χ0) is 11.1. The van der Waals surface area contributed by atoms with Crippen molar-refractivity contribution in [2.75, 3.05) is 13.9 Å². The van der Waals surface area contributed by atoms with Gasteiger partial charge in [-0.1, -0.05) is 18.2 Å². The molecule has 0 saturated heterocycles. The molecule has 0 aliphatic rings. The molecule has 0 aliphatic carbocycles. The van der Waals surface area contributed by atoms with Gasteiger partial charge in [-0.2, -0.15) is 0 Å². The molecule has 0 heterocycles. The van der Waals surface area contributed by atoms with E-state index in [1.807, 2.05) is 18.2 Å². The van der Waals surface area contributed by atoms with Crippen molar-refractivity contribution >= 4 is 5.97 Å². The lowest BCUT2D eigenvalue weighted by atomic mass is 10.1. The largest absolute Gasteiger partial charge is 0.481 e. The highest BCUT2D eigenvalue weighted by atomic mass is 16.7. The van der Waals surface area contributed by atoms with Gasteiger partial charge in [-0.25, -0.2) is 0 Å². The third-order valence-corrected chi connectivity index (χ3v) is 1.91. The predicted molar refractivity (Wildman–Crippen MR) is 54.9 cm³/mol. The summed E-state index contributed by atoms with van der Waals surface area (Å²) in [6.07, 6.45) is 0.572. The van der Waals surface area contributed by atoms with E-state index in [0.717, 1.165) is 5.56 Å².